The molecule has 0 bridgehead atoms. The maximum atomic E-state index is 12.7. The van der Waals surface area contributed by atoms with Gasteiger partial charge >= 0.3 is 0 Å². The lowest BCUT2D eigenvalue weighted by atomic mass is 10.1. The van der Waals surface area contributed by atoms with Crippen molar-refractivity contribution in [1.29, 1.82) is 0 Å². The van der Waals surface area contributed by atoms with E-state index in [4.69, 9.17) is 0 Å². The molecule has 1 unspecified atom stereocenters. The Morgan fingerprint density at radius 1 is 1.27 bits per heavy atom. The van der Waals surface area contributed by atoms with Crippen LogP contribution in [0.15, 0.2) is 30.6 Å². The van der Waals surface area contributed by atoms with Gasteiger partial charge in [0.1, 0.15) is 0 Å². The molecule has 1 aromatic heterocycles. The Balaban J connectivity index is 1.89. The Morgan fingerprint density at radius 3 is 2.64 bits per heavy atom. The summed E-state index contributed by atoms with van der Waals surface area (Å²) in [6, 6.07) is 4.94. The second-order valence-electron chi connectivity index (χ2n) is 5.41. The van der Waals surface area contributed by atoms with E-state index in [1.54, 1.807) is 35.5 Å². The number of hydrogen-bond acceptors (Lipinski definition) is 5. The van der Waals surface area contributed by atoms with Gasteiger partial charge in [-0.1, -0.05) is 0 Å². The highest BCUT2D eigenvalue weighted by Crippen LogP contribution is 2.21. The molecule has 0 aliphatic carbocycles. The third-order valence-corrected chi connectivity index (χ3v) is 5.72. The van der Waals surface area contributed by atoms with Crippen molar-refractivity contribution in [2.75, 3.05) is 18.1 Å². The van der Waals surface area contributed by atoms with Crippen LogP contribution < -0.4 is 0 Å². The van der Waals surface area contributed by atoms with Gasteiger partial charge in [0.05, 0.1) is 22.5 Å². The molecule has 1 aliphatic heterocycles. The van der Waals surface area contributed by atoms with Gasteiger partial charge in [0.2, 0.25) is 0 Å². The molecular formula is C15H17N3O3S. The molecule has 1 saturated heterocycles. The van der Waals surface area contributed by atoms with Crippen molar-refractivity contribution in [2.45, 2.75) is 19.4 Å². The largest absolute Gasteiger partial charge is 0.335 e. The fourth-order valence-corrected chi connectivity index (χ4v) is 4.58. The second-order valence-corrected chi connectivity index (χ2v) is 7.64. The van der Waals surface area contributed by atoms with Crippen LogP contribution in [0.5, 0.6) is 0 Å². The maximum Gasteiger partial charge on any atom is 0.254 e. The van der Waals surface area contributed by atoms with Gasteiger partial charge < -0.3 is 4.90 Å². The van der Waals surface area contributed by atoms with Crippen LogP contribution in [0.1, 0.15) is 23.7 Å². The Morgan fingerprint density at radius 2 is 2.00 bits per heavy atom. The highest BCUT2D eigenvalue weighted by Gasteiger charge is 2.34. The monoisotopic (exact) mass is 319 g/mol. The molecule has 1 fully saturated rings. The van der Waals surface area contributed by atoms with E-state index in [9.17, 15) is 13.2 Å². The van der Waals surface area contributed by atoms with Crippen molar-refractivity contribution in [3.8, 4) is 0 Å². The van der Waals surface area contributed by atoms with E-state index in [0.29, 0.717) is 24.0 Å². The number of sulfone groups is 1. The van der Waals surface area contributed by atoms with Gasteiger partial charge in [-0.05, 0) is 31.5 Å². The first kappa shape index (κ1) is 14.9. The van der Waals surface area contributed by atoms with Crippen LogP contribution in [0.25, 0.3) is 11.0 Å². The molecule has 1 aliphatic rings. The van der Waals surface area contributed by atoms with Crippen LogP contribution in [-0.4, -0.2) is 53.3 Å². The van der Waals surface area contributed by atoms with E-state index in [2.05, 4.69) is 9.97 Å². The van der Waals surface area contributed by atoms with Gasteiger partial charge in [0.25, 0.3) is 5.91 Å². The fourth-order valence-electron chi connectivity index (χ4n) is 2.85. The number of fused-ring (bicyclic) bond motifs is 1. The molecule has 1 atom stereocenters. The normalized spacial score (nSPS) is 20.1. The topological polar surface area (TPSA) is 80.2 Å². The highest BCUT2D eigenvalue weighted by molar-refractivity contribution is 7.91. The molecule has 0 saturated carbocycles. The van der Waals surface area contributed by atoms with Crippen LogP contribution in [0, 0.1) is 0 Å². The lowest BCUT2D eigenvalue weighted by Crippen LogP contribution is -2.40. The molecule has 0 N–H and O–H groups in total. The summed E-state index contributed by atoms with van der Waals surface area (Å²) in [5.41, 5.74) is 1.90. The van der Waals surface area contributed by atoms with Gasteiger partial charge in [-0.3, -0.25) is 14.8 Å². The third kappa shape index (κ3) is 2.81. The molecule has 0 spiro atoms. The quantitative estimate of drug-likeness (QED) is 0.851. The first-order valence-corrected chi connectivity index (χ1v) is 9.04. The number of hydrogen-bond donors (Lipinski definition) is 0. The number of amides is 1. The first-order chi connectivity index (χ1) is 10.5. The summed E-state index contributed by atoms with van der Waals surface area (Å²) in [4.78, 5) is 22.7. The third-order valence-electron chi connectivity index (χ3n) is 3.97. The average Bonchev–Trinajstić information content (AvgIpc) is 2.87. The Labute approximate surface area is 129 Å². The summed E-state index contributed by atoms with van der Waals surface area (Å²) in [6.07, 6.45) is 3.69. The van der Waals surface area contributed by atoms with E-state index in [1.807, 2.05) is 6.92 Å². The van der Waals surface area contributed by atoms with Gasteiger partial charge in [-0.25, -0.2) is 8.42 Å². The van der Waals surface area contributed by atoms with E-state index in [-0.39, 0.29) is 23.5 Å². The van der Waals surface area contributed by atoms with Crippen LogP contribution in [0.3, 0.4) is 0 Å². The van der Waals surface area contributed by atoms with Crippen molar-refractivity contribution < 1.29 is 13.2 Å². The Kier molecular flexibility index (Phi) is 3.82. The van der Waals surface area contributed by atoms with Crippen LogP contribution in [0.2, 0.25) is 0 Å². The summed E-state index contributed by atoms with van der Waals surface area (Å²) < 4.78 is 23.3. The van der Waals surface area contributed by atoms with Crippen LogP contribution in [-0.2, 0) is 9.84 Å². The smallest absolute Gasteiger partial charge is 0.254 e. The molecule has 0 radical (unpaired) electrons. The Hall–Kier alpha value is -2.02. The minimum absolute atomic E-state index is 0.0555. The number of rotatable bonds is 3. The number of carbonyl (C=O) groups excluding carboxylic acids is 1. The van der Waals surface area contributed by atoms with Gasteiger partial charge in [-0.15, -0.1) is 0 Å². The molecule has 1 amide bonds. The minimum Gasteiger partial charge on any atom is -0.335 e. The predicted molar refractivity (Wildman–Crippen MR) is 83.3 cm³/mol. The summed E-state index contributed by atoms with van der Waals surface area (Å²) in [5, 5.41) is 0. The van der Waals surface area contributed by atoms with E-state index in [1.165, 1.54) is 0 Å². The highest BCUT2D eigenvalue weighted by atomic mass is 32.2. The van der Waals surface area contributed by atoms with Crippen LogP contribution >= 0.6 is 0 Å². The number of nitrogens with zero attached hydrogens (tertiary/aromatic N) is 3. The van der Waals surface area contributed by atoms with E-state index in [0.717, 1.165) is 5.52 Å². The lowest BCUT2D eigenvalue weighted by Gasteiger charge is -2.27. The second kappa shape index (κ2) is 5.64. The fraction of sp³-hybridized carbons (Fsp3) is 0.400. The van der Waals surface area contributed by atoms with Crippen molar-refractivity contribution in [3.63, 3.8) is 0 Å². The minimum atomic E-state index is -3.02. The molecule has 2 aromatic rings. The molecule has 116 valence electrons. The standard InChI is InChI=1S/C15H17N3O3S/c1-2-18(12-5-8-22(20,21)10-12)15(19)11-3-4-13-14(9-11)17-7-6-16-13/h3-4,6-7,9,12H,2,5,8,10H2,1H3. The number of aromatic nitrogens is 2. The molecule has 7 heteroatoms. The maximum absolute atomic E-state index is 12.7. The first-order valence-electron chi connectivity index (χ1n) is 7.22. The molecule has 6 nitrogen and oxygen atoms in total. The average molecular weight is 319 g/mol. The molecular weight excluding hydrogens is 302 g/mol. The zero-order valence-electron chi connectivity index (χ0n) is 12.3. The summed E-state index contributed by atoms with van der Waals surface area (Å²) in [7, 11) is -3.02. The summed E-state index contributed by atoms with van der Waals surface area (Å²) >= 11 is 0. The number of benzene rings is 1. The zero-order valence-corrected chi connectivity index (χ0v) is 13.1. The van der Waals surface area contributed by atoms with Gasteiger partial charge in [0, 0.05) is 30.5 Å². The lowest BCUT2D eigenvalue weighted by molar-refractivity contribution is 0.0708. The molecule has 22 heavy (non-hydrogen) atoms. The zero-order chi connectivity index (χ0) is 15.7. The van der Waals surface area contributed by atoms with E-state index < -0.39 is 9.84 Å². The molecule has 3 rings (SSSR count). The van der Waals surface area contributed by atoms with Gasteiger partial charge in [-0.2, -0.15) is 0 Å². The van der Waals surface area contributed by atoms with E-state index >= 15 is 0 Å². The SMILES string of the molecule is CCN(C(=O)c1ccc2nccnc2c1)C1CCS(=O)(=O)C1. The summed E-state index contributed by atoms with van der Waals surface area (Å²) in [5.74, 6) is 0.0575. The van der Waals surface area contributed by atoms with Crippen molar-refractivity contribution in [3.05, 3.63) is 36.2 Å². The summed E-state index contributed by atoms with van der Waals surface area (Å²) in [6.45, 7) is 2.35. The Bertz CT molecular complexity index is 820. The van der Waals surface area contributed by atoms with Crippen molar-refractivity contribution >= 4 is 26.8 Å². The predicted octanol–water partition coefficient (Wildman–Crippen LogP) is 1.28. The number of carbonyl (C=O) groups is 1. The van der Waals surface area contributed by atoms with Crippen molar-refractivity contribution in [1.82, 2.24) is 14.9 Å². The molecule has 1 aromatic carbocycles. The van der Waals surface area contributed by atoms with Crippen molar-refractivity contribution in [2.24, 2.45) is 0 Å². The van der Waals surface area contributed by atoms with Gasteiger partial charge in [0.15, 0.2) is 9.84 Å². The molecule has 2 heterocycles. The van der Waals surface area contributed by atoms with Crippen LogP contribution in [0.4, 0.5) is 0 Å².